The van der Waals surface area contributed by atoms with E-state index in [1.165, 1.54) is 0 Å². The molecule has 0 bridgehead atoms. The van der Waals surface area contributed by atoms with Crippen molar-refractivity contribution < 1.29 is 94.7 Å². The van der Waals surface area contributed by atoms with Crippen molar-refractivity contribution in [1.82, 2.24) is 0 Å². The van der Waals surface area contributed by atoms with Gasteiger partial charge in [0.05, 0.1) is 0 Å². The van der Waals surface area contributed by atoms with Crippen LogP contribution in [-0.4, -0.2) is 0 Å². The first-order chi connectivity index (χ1) is 0. The molecule has 9 heteroatoms. The van der Waals surface area contributed by atoms with Crippen LogP contribution in [0.5, 0.6) is 0 Å². The summed E-state index contributed by atoms with van der Waals surface area (Å²) in [5.41, 5.74) is 0. The van der Waals surface area contributed by atoms with Crippen LogP contribution in [0.25, 0.3) is 0 Å². The van der Waals surface area contributed by atoms with Crippen LogP contribution >= 0.6 is 0 Å². The molecule has 0 aromatic heterocycles. The van der Waals surface area contributed by atoms with Crippen LogP contribution in [0.3, 0.4) is 0 Å². The Labute approximate surface area is 94.1 Å². The molecule has 54 valence electrons. The SMILES string of the molecule is [Fe+2].[Nb+5].[Nb+5].[O-2].[O-2].[O-2].[O-2].[O-2].[O-2]. The van der Waals surface area contributed by atoms with Gasteiger partial charge < -0.3 is 32.9 Å². The van der Waals surface area contributed by atoms with Crippen molar-refractivity contribution in [2.45, 2.75) is 0 Å². The maximum absolute atomic E-state index is 0. The van der Waals surface area contributed by atoms with Crippen molar-refractivity contribution in [3.05, 3.63) is 0 Å². The fourth-order valence-corrected chi connectivity index (χ4v) is 0. The van der Waals surface area contributed by atoms with Crippen molar-refractivity contribution in [2.24, 2.45) is 0 Å². The Morgan fingerprint density at radius 3 is 0.333 bits per heavy atom. The quantitative estimate of drug-likeness (QED) is 0.508. The first-order valence-electron chi connectivity index (χ1n) is 0. The molecule has 0 rings (SSSR count). The second-order valence-electron chi connectivity index (χ2n) is 0. The molecular weight excluding hydrogens is 338 g/mol. The summed E-state index contributed by atoms with van der Waals surface area (Å²) < 4.78 is 0. The van der Waals surface area contributed by atoms with E-state index in [1.807, 2.05) is 0 Å². The van der Waals surface area contributed by atoms with Gasteiger partial charge in [0.1, 0.15) is 0 Å². The second-order valence-corrected chi connectivity index (χ2v) is 0. The summed E-state index contributed by atoms with van der Waals surface area (Å²) >= 11 is 0. The van der Waals surface area contributed by atoms with Crippen LogP contribution in [0.4, 0.5) is 0 Å². The second kappa shape index (κ2) is 242. The van der Waals surface area contributed by atoms with Gasteiger partial charge in [-0.15, -0.1) is 0 Å². The number of rotatable bonds is 0. The Morgan fingerprint density at radius 1 is 0.333 bits per heavy atom. The summed E-state index contributed by atoms with van der Waals surface area (Å²) in [4.78, 5) is 0. The van der Waals surface area contributed by atoms with Crippen molar-refractivity contribution in [3.63, 3.8) is 0 Å². The maximum Gasteiger partial charge on any atom is 5.00 e. The Bertz CT molecular complexity index is 11.0. The van der Waals surface area contributed by atoms with Crippen molar-refractivity contribution in [2.75, 3.05) is 0 Å². The van der Waals surface area contributed by atoms with Gasteiger partial charge in [-0.2, -0.15) is 0 Å². The van der Waals surface area contributed by atoms with E-state index in [1.54, 1.807) is 0 Å². The topological polar surface area (TPSA) is 171 Å². The van der Waals surface area contributed by atoms with E-state index in [9.17, 15) is 0 Å². The van der Waals surface area contributed by atoms with Crippen LogP contribution in [-0.2, 0) is 94.7 Å². The molecule has 0 heterocycles. The third-order valence-corrected chi connectivity index (χ3v) is 0. The van der Waals surface area contributed by atoms with Gasteiger partial charge in [-0.25, -0.2) is 0 Å². The predicted molar refractivity (Wildman–Crippen MR) is 4.12 cm³/mol. The van der Waals surface area contributed by atoms with Crippen LogP contribution in [0, 0.1) is 0 Å². The Balaban J connectivity index is 0. The molecule has 0 unspecified atom stereocenters. The fraction of sp³-hybridized carbons (Fsp3) is 0. The maximum atomic E-state index is 0. The van der Waals surface area contributed by atoms with Gasteiger partial charge in [-0.3, -0.25) is 0 Å². The van der Waals surface area contributed by atoms with Gasteiger partial charge in [0.2, 0.25) is 0 Å². The third kappa shape index (κ3) is 190. The normalized spacial score (nSPS) is 0. The minimum absolute atomic E-state index is 0. The smallest absolute Gasteiger partial charge is 2.00 e. The average molecular weight is 338 g/mol. The zero-order valence-corrected chi connectivity index (χ0v) is 9.20. The van der Waals surface area contributed by atoms with E-state index in [2.05, 4.69) is 0 Å². The van der Waals surface area contributed by atoms with Crippen LogP contribution in [0.15, 0.2) is 0 Å². The summed E-state index contributed by atoms with van der Waals surface area (Å²) in [6.45, 7) is 0. The fourth-order valence-electron chi connectivity index (χ4n) is 0. The molecule has 0 aromatic rings. The van der Waals surface area contributed by atoms with Crippen molar-refractivity contribution in [3.8, 4) is 0 Å². The summed E-state index contributed by atoms with van der Waals surface area (Å²) in [5.74, 6) is 0. The van der Waals surface area contributed by atoms with Gasteiger partial charge in [-0.05, 0) is 0 Å². The first-order valence-corrected chi connectivity index (χ1v) is 0. The van der Waals surface area contributed by atoms with Gasteiger partial charge in [-0.1, -0.05) is 0 Å². The van der Waals surface area contributed by atoms with Crippen molar-refractivity contribution in [1.29, 1.82) is 0 Å². The van der Waals surface area contributed by atoms with E-state index < -0.39 is 0 Å². The molecule has 0 aliphatic carbocycles. The predicted octanol–water partition coefficient (Wildman–Crippen LogP) is -0.720. The van der Waals surface area contributed by atoms with Crippen LogP contribution in [0.1, 0.15) is 0 Å². The van der Waals surface area contributed by atoms with Gasteiger partial charge >= 0.3 is 61.8 Å². The molecule has 0 aliphatic heterocycles. The Hall–Kier alpha value is 1.76. The van der Waals surface area contributed by atoms with E-state index in [0.29, 0.717) is 0 Å². The molecule has 0 aromatic carbocycles. The largest absolute Gasteiger partial charge is 5.00 e. The Kier molecular flexibility index (Phi) is 8890. The van der Waals surface area contributed by atoms with E-state index in [4.69, 9.17) is 0 Å². The zero-order chi connectivity index (χ0) is 0. The molecule has 0 saturated heterocycles. The van der Waals surface area contributed by atoms with Crippen molar-refractivity contribution >= 4 is 0 Å². The molecule has 0 spiro atoms. The number of hydrogen-bond acceptors (Lipinski definition) is 0. The molecule has 0 saturated carbocycles. The van der Waals surface area contributed by atoms with E-state index in [0.717, 1.165) is 0 Å². The summed E-state index contributed by atoms with van der Waals surface area (Å²) in [5, 5.41) is 0. The van der Waals surface area contributed by atoms with Crippen LogP contribution < -0.4 is 0 Å². The minimum Gasteiger partial charge on any atom is -2.00 e. The molecule has 0 amide bonds. The molecule has 0 N–H and O–H groups in total. The molecular formula is FeNb2O6. The van der Waals surface area contributed by atoms with E-state index >= 15 is 0 Å². The zero-order valence-electron chi connectivity index (χ0n) is 3.70. The third-order valence-electron chi connectivity index (χ3n) is 0. The van der Waals surface area contributed by atoms with Gasteiger partial charge in [0.15, 0.2) is 0 Å². The molecule has 0 radical (unpaired) electrons. The molecule has 6 nitrogen and oxygen atoms in total. The summed E-state index contributed by atoms with van der Waals surface area (Å²) in [7, 11) is 0. The molecule has 9 heavy (non-hydrogen) atoms. The van der Waals surface area contributed by atoms with Crippen LogP contribution in [0.2, 0.25) is 0 Å². The average Bonchev–Trinajstić information content (AvgIpc) is 0. The minimum atomic E-state index is 0. The van der Waals surface area contributed by atoms with E-state index in [-0.39, 0.29) is 94.7 Å². The molecule has 0 atom stereocenters. The molecule has 0 fully saturated rings. The monoisotopic (exact) mass is 338 g/mol. The number of hydrogen-bond donors (Lipinski definition) is 0. The van der Waals surface area contributed by atoms with Gasteiger partial charge in [0.25, 0.3) is 0 Å². The Morgan fingerprint density at radius 2 is 0.333 bits per heavy atom. The van der Waals surface area contributed by atoms with Gasteiger partial charge in [0, 0.05) is 0 Å². The molecule has 0 aliphatic rings. The standard InChI is InChI=1S/Fe.2Nb.6O/q+2;2*+5;6*-2. The first kappa shape index (κ1) is 331. The summed E-state index contributed by atoms with van der Waals surface area (Å²) in [6.07, 6.45) is 0. The summed E-state index contributed by atoms with van der Waals surface area (Å²) in [6, 6.07) is 0.